The van der Waals surface area contributed by atoms with Crippen molar-refractivity contribution in [2.75, 3.05) is 49.6 Å². The summed E-state index contributed by atoms with van der Waals surface area (Å²) in [6.07, 6.45) is 7.18. The zero-order chi connectivity index (χ0) is 24.9. The van der Waals surface area contributed by atoms with Gasteiger partial charge in [0, 0.05) is 70.5 Å². The minimum absolute atomic E-state index is 0.0754. The molecule has 3 aliphatic heterocycles. The topological polar surface area (TPSA) is 84.0 Å². The van der Waals surface area contributed by atoms with Gasteiger partial charge in [0.2, 0.25) is 11.8 Å². The van der Waals surface area contributed by atoms with E-state index in [1.165, 1.54) is 18.5 Å². The van der Waals surface area contributed by atoms with Gasteiger partial charge in [-0.2, -0.15) is 0 Å². The summed E-state index contributed by atoms with van der Waals surface area (Å²) in [7, 11) is 0. The number of amides is 2. The number of carbonyl (C=O) groups excluding carboxylic acids is 2. The molecule has 36 heavy (non-hydrogen) atoms. The molecule has 1 aromatic heterocycles. The van der Waals surface area contributed by atoms with Gasteiger partial charge >= 0.3 is 0 Å². The number of benzene rings is 1. The Hall–Kier alpha value is -3.20. The van der Waals surface area contributed by atoms with Crippen molar-refractivity contribution in [1.29, 1.82) is 0 Å². The molecule has 2 amide bonds. The first-order chi connectivity index (χ1) is 17.5. The number of nitrogens with one attached hydrogen (secondary N) is 1. The first kappa shape index (κ1) is 24.5. The van der Waals surface area contributed by atoms with Crippen LogP contribution < -0.4 is 15.0 Å². The second-order valence-electron chi connectivity index (χ2n) is 9.90. The summed E-state index contributed by atoms with van der Waals surface area (Å²) in [5.74, 6) is 0.850. The number of pyridine rings is 1. The predicted octanol–water partition coefficient (Wildman–Crippen LogP) is 3.48. The van der Waals surface area contributed by atoms with Crippen LogP contribution in [0.15, 0.2) is 42.7 Å². The van der Waals surface area contributed by atoms with E-state index in [1.54, 1.807) is 0 Å². The Labute approximate surface area is 210 Å². The van der Waals surface area contributed by atoms with Crippen LogP contribution in [0, 0.1) is 17.7 Å². The normalized spacial score (nSPS) is 19.6. The highest BCUT2D eigenvalue weighted by molar-refractivity contribution is 5.94. The fraction of sp³-hybridized carbons (Fsp3) is 0.519. The van der Waals surface area contributed by atoms with Crippen LogP contribution in [-0.4, -0.2) is 67.2 Å². The van der Waals surface area contributed by atoms with Crippen LogP contribution in [0.25, 0.3) is 0 Å². The molecule has 1 aromatic carbocycles. The molecule has 3 fully saturated rings. The molecule has 0 unspecified atom stereocenters. The summed E-state index contributed by atoms with van der Waals surface area (Å²) in [5, 5.41) is 2.93. The fourth-order valence-electron chi connectivity index (χ4n) is 5.05. The molecule has 4 heterocycles. The van der Waals surface area contributed by atoms with Gasteiger partial charge in [0.05, 0.1) is 17.8 Å². The number of halogens is 1. The highest BCUT2D eigenvalue weighted by Gasteiger charge is 2.34. The highest BCUT2D eigenvalue weighted by Crippen LogP contribution is 2.28. The molecule has 0 aliphatic carbocycles. The molecule has 5 rings (SSSR count). The Balaban J connectivity index is 1.03. The summed E-state index contributed by atoms with van der Waals surface area (Å²) in [5.41, 5.74) is 1.13. The summed E-state index contributed by atoms with van der Waals surface area (Å²) < 4.78 is 25.4. The number of carbonyl (C=O) groups is 2. The zero-order valence-electron chi connectivity index (χ0n) is 20.4. The second kappa shape index (κ2) is 11.2. The summed E-state index contributed by atoms with van der Waals surface area (Å²) in [6.45, 7) is 3.91. The van der Waals surface area contributed by atoms with Crippen LogP contribution in [0.1, 0.15) is 32.1 Å². The first-order valence-electron chi connectivity index (χ1n) is 12.8. The van der Waals surface area contributed by atoms with Crippen LogP contribution in [0.5, 0.6) is 5.75 Å². The number of rotatable bonds is 7. The number of aromatic nitrogens is 1. The van der Waals surface area contributed by atoms with Crippen molar-refractivity contribution in [2.45, 2.75) is 38.2 Å². The van der Waals surface area contributed by atoms with Crippen molar-refractivity contribution in [3.8, 4) is 5.75 Å². The minimum atomic E-state index is -0.327. The lowest BCUT2D eigenvalue weighted by atomic mass is 9.95. The number of hydrogen-bond acceptors (Lipinski definition) is 6. The molecule has 0 spiro atoms. The Bertz CT molecular complexity index is 1050. The molecule has 0 bridgehead atoms. The van der Waals surface area contributed by atoms with E-state index in [0.29, 0.717) is 36.8 Å². The Morgan fingerprint density at radius 2 is 1.78 bits per heavy atom. The lowest BCUT2D eigenvalue weighted by Gasteiger charge is -2.39. The molecule has 192 valence electrons. The standard InChI is InChI=1S/C27H33FN4O4/c28-24-5-10-29-16-25(24)32-17-20(18-32)27(34)30-21-1-3-22(4-2-21)36-23-6-11-31(12-7-23)26(33)15-19-8-13-35-14-9-19/h1-5,10,16,19-20,23H,6-9,11-15,17-18H2,(H,30,34). The van der Waals surface area contributed by atoms with Crippen LogP contribution in [0.2, 0.25) is 0 Å². The Kier molecular flexibility index (Phi) is 7.65. The maximum atomic E-state index is 13.9. The molecule has 3 aliphatic rings. The molecule has 0 radical (unpaired) electrons. The van der Waals surface area contributed by atoms with Gasteiger partial charge in [-0.25, -0.2) is 4.39 Å². The molecule has 8 nitrogen and oxygen atoms in total. The van der Waals surface area contributed by atoms with Crippen LogP contribution in [0.4, 0.5) is 15.8 Å². The number of anilines is 2. The lowest BCUT2D eigenvalue weighted by Crippen LogP contribution is -2.52. The van der Waals surface area contributed by atoms with E-state index in [2.05, 4.69) is 10.3 Å². The Morgan fingerprint density at radius 1 is 1.06 bits per heavy atom. The van der Waals surface area contributed by atoms with Gasteiger partial charge in [-0.15, -0.1) is 0 Å². The molecular formula is C27H33FN4O4. The van der Waals surface area contributed by atoms with E-state index in [4.69, 9.17) is 9.47 Å². The van der Waals surface area contributed by atoms with E-state index < -0.39 is 0 Å². The van der Waals surface area contributed by atoms with Gasteiger partial charge in [0.25, 0.3) is 0 Å². The van der Waals surface area contributed by atoms with Crippen molar-refractivity contribution in [1.82, 2.24) is 9.88 Å². The van der Waals surface area contributed by atoms with E-state index in [1.807, 2.05) is 34.1 Å². The predicted molar refractivity (Wildman–Crippen MR) is 133 cm³/mol. The minimum Gasteiger partial charge on any atom is -0.490 e. The van der Waals surface area contributed by atoms with Crippen molar-refractivity contribution in [3.63, 3.8) is 0 Å². The molecule has 3 saturated heterocycles. The quantitative estimate of drug-likeness (QED) is 0.632. The number of nitrogens with zero attached hydrogens (tertiary/aromatic N) is 3. The average Bonchev–Trinajstić information content (AvgIpc) is 2.86. The summed E-state index contributed by atoms with van der Waals surface area (Å²) >= 11 is 0. The first-order valence-corrected chi connectivity index (χ1v) is 12.8. The van der Waals surface area contributed by atoms with Gasteiger partial charge in [-0.3, -0.25) is 14.6 Å². The lowest BCUT2D eigenvalue weighted by molar-refractivity contribution is -0.134. The number of piperidine rings is 1. The molecule has 1 N–H and O–H groups in total. The zero-order valence-corrected chi connectivity index (χ0v) is 20.4. The smallest absolute Gasteiger partial charge is 0.231 e. The summed E-state index contributed by atoms with van der Waals surface area (Å²) in [6, 6.07) is 8.70. The molecular weight excluding hydrogens is 463 g/mol. The largest absolute Gasteiger partial charge is 0.490 e. The third-order valence-electron chi connectivity index (χ3n) is 7.36. The third-order valence-corrected chi connectivity index (χ3v) is 7.36. The molecule has 9 heteroatoms. The van der Waals surface area contributed by atoms with E-state index >= 15 is 0 Å². The molecule has 0 saturated carbocycles. The van der Waals surface area contributed by atoms with E-state index in [9.17, 15) is 14.0 Å². The molecule has 0 atom stereocenters. The third kappa shape index (κ3) is 5.95. The van der Waals surface area contributed by atoms with Gasteiger partial charge in [0.15, 0.2) is 0 Å². The van der Waals surface area contributed by atoms with E-state index in [-0.39, 0.29) is 29.7 Å². The van der Waals surface area contributed by atoms with Crippen LogP contribution in [-0.2, 0) is 14.3 Å². The second-order valence-corrected chi connectivity index (χ2v) is 9.90. The number of ether oxygens (including phenoxy) is 2. The van der Waals surface area contributed by atoms with Gasteiger partial charge < -0.3 is 24.6 Å². The van der Waals surface area contributed by atoms with Crippen molar-refractivity contribution in [3.05, 3.63) is 48.5 Å². The van der Waals surface area contributed by atoms with Crippen molar-refractivity contribution >= 4 is 23.2 Å². The van der Waals surface area contributed by atoms with Gasteiger partial charge in [-0.05, 0) is 49.1 Å². The fourth-order valence-corrected chi connectivity index (χ4v) is 5.05. The maximum absolute atomic E-state index is 13.9. The number of likely N-dealkylation sites (tertiary alicyclic amines) is 1. The van der Waals surface area contributed by atoms with Crippen LogP contribution in [0.3, 0.4) is 0 Å². The van der Waals surface area contributed by atoms with Crippen molar-refractivity contribution < 1.29 is 23.5 Å². The number of hydrogen-bond donors (Lipinski definition) is 1. The SMILES string of the molecule is O=C(Nc1ccc(OC2CCN(C(=O)CC3CCOCC3)CC2)cc1)C1CN(c2cnccc2F)C1. The monoisotopic (exact) mass is 496 g/mol. The Morgan fingerprint density at radius 3 is 2.47 bits per heavy atom. The highest BCUT2D eigenvalue weighted by atomic mass is 19.1. The maximum Gasteiger partial charge on any atom is 0.231 e. The van der Waals surface area contributed by atoms with Crippen molar-refractivity contribution in [2.24, 2.45) is 11.8 Å². The van der Waals surface area contributed by atoms with Gasteiger partial charge in [0.1, 0.15) is 17.7 Å². The van der Waals surface area contributed by atoms with Gasteiger partial charge in [-0.1, -0.05) is 0 Å². The average molecular weight is 497 g/mol. The summed E-state index contributed by atoms with van der Waals surface area (Å²) in [4.78, 5) is 32.9. The molecule has 2 aromatic rings. The van der Waals surface area contributed by atoms with E-state index in [0.717, 1.165) is 57.7 Å². The van der Waals surface area contributed by atoms with Crippen LogP contribution >= 0.6 is 0 Å².